The first-order chi connectivity index (χ1) is 10.2. The van der Waals surface area contributed by atoms with E-state index in [1.54, 1.807) is 20.8 Å². The largest absolute Gasteiger partial charge is 0.444 e. The topological polar surface area (TPSA) is 70.0 Å². The maximum Gasteiger partial charge on any atom is 0.410 e. The molecule has 0 bridgehead atoms. The number of hydrogen-bond acceptors (Lipinski definition) is 4. The fourth-order valence-electron chi connectivity index (χ4n) is 2.76. The molecular formula is C17H25NO4. The predicted octanol–water partition coefficient (Wildman–Crippen LogP) is 2.27. The summed E-state index contributed by atoms with van der Waals surface area (Å²) in [4.78, 5) is 13.8. The molecule has 2 unspecified atom stereocenters. The Bertz CT molecular complexity index is 511. The van der Waals surface area contributed by atoms with Crippen LogP contribution in [0.1, 0.15) is 39.2 Å². The number of rotatable bonds is 2. The summed E-state index contributed by atoms with van der Waals surface area (Å²) in [6, 6.07) is 9.00. The van der Waals surface area contributed by atoms with Crippen LogP contribution in [0.4, 0.5) is 4.79 Å². The van der Waals surface area contributed by atoms with Crippen LogP contribution in [0.15, 0.2) is 30.3 Å². The molecule has 22 heavy (non-hydrogen) atoms. The number of aliphatic hydroxyl groups excluding tert-OH is 1. The second-order valence-corrected chi connectivity index (χ2v) is 6.88. The summed E-state index contributed by atoms with van der Waals surface area (Å²) in [6.45, 7) is 5.38. The molecule has 0 radical (unpaired) electrons. The third-order valence-electron chi connectivity index (χ3n) is 3.91. The van der Waals surface area contributed by atoms with Crippen LogP contribution in [-0.4, -0.2) is 46.0 Å². The van der Waals surface area contributed by atoms with Crippen LogP contribution in [0.25, 0.3) is 0 Å². The fourth-order valence-corrected chi connectivity index (χ4v) is 2.76. The van der Waals surface area contributed by atoms with E-state index in [1.807, 2.05) is 30.3 Å². The molecular weight excluding hydrogens is 282 g/mol. The highest BCUT2D eigenvalue weighted by Crippen LogP contribution is 2.34. The van der Waals surface area contributed by atoms with Gasteiger partial charge in [-0.15, -0.1) is 0 Å². The van der Waals surface area contributed by atoms with Crippen LogP contribution in [0, 0.1) is 0 Å². The van der Waals surface area contributed by atoms with E-state index in [1.165, 1.54) is 4.90 Å². The molecule has 0 aliphatic carbocycles. The van der Waals surface area contributed by atoms with Crippen LogP contribution >= 0.6 is 0 Å². The molecule has 0 aromatic heterocycles. The Balaban J connectivity index is 2.21. The van der Waals surface area contributed by atoms with E-state index < -0.39 is 17.3 Å². The Hall–Kier alpha value is -1.59. The molecule has 5 nitrogen and oxygen atoms in total. The molecule has 1 aromatic carbocycles. The fraction of sp³-hybridized carbons (Fsp3) is 0.588. The number of β-amino-alcohol motifs (C(OH)–C–C–N with tert-alkyl or cyclic N) is 1. The molecule has 1 amide bonds. The summed E-state index contributed by atoms with van der Waals surface area (Å²) in [6.07, 6.45) is 0.531. The van der Waals surface area contributed by atoms with Gasteiger partial charge in [0, 0.05) is 0 Å². The van der Waals surface area contributed by atoms with Crippen molar-refractivity contribution >= 4 is 6.09 Å². The summed E-state index contributed by atoms with van der Waals surface area (Å²) in [5.74, 6) is 0. The van der Waals surface area contributed by atoms with Gasteiger partial charge in [0.1, 0.15) is 11.2 Å². The molecule has 1 aliphatic rings. The van der Waals surface area contributed by atoms with E-state index >= 15 is 0 Å². The normalized spacial score (nSPS) is 25.9. The number of ether oxygens (including phenoxy) is 1. The molecule has 1 aliphatic heterocycles. The molecule has 2 rings (SSSR count). The van der Waals surface area contributed by atoms with E-state index in [2.05, 4.69) is 0 Å². The summed E-state index contributed by atoms with van der Waals surface area (Å²) in [5, 5.41) is 20.5. The molecule has 1 fully saturated rings. The average Bonchev–Trinajstić information content (AvgIpc) is 2.46. The van der Waals surface area contributed by atoms with Crippen molar-refractivity contribution in [3.05, 3.63) is 35.9 Å². The van der Waals surface area contributed by atoms with E-state index in [0.29, 0.717) is 12.8 Å². The maximum atomic E-state index is 12.4. The third kappa shape index (κ3) is 3.78. The number of nitrogens with zero attached hydrogens (tertiary/aromatic N) is 1. The first-order valence-electron chi connectivity index (χ1n) is 7.63. The van der Waals surface area contributed by atoms with Crippen molar-refractivity contribution in [2.75, 3.05) is 13.2 Å². The zero-order valence-electron chi connectivity index (χ0n) is 13.5. The first kappa shape index (κ1) is 16.8. The summed E-state index contributed by atoms with van der Waals surface area (Å²) < 4.78 is 5.40. The zero-order valence-corrected chi connectivity index (χ0v) is 13.5. The van der Waals surface area contributed by atoms with Crippen LogP contribution in [0.5, 0.6) is 0 Å². The van der Waals surface area contributed by atoms with Gasteiger partial charge in [-0.05, 0) is 39.2 Å². The lowest BCUT2D eigenvalue weighted by Gasteiger charge is -2.44. The lowest BCUT2D eigenvalue weighted by molar-refractivity contribution is -0.0720. The Morgan fingerprint density at radius 3 is 2.55 bits per heavy atom. The van der Waals surface area contributed by atoms with Gasteiger partial charge in [-0.3, -0.25) is 4.90 Å². The number of amides is 1. The molecule has 0 spiro atoms. The number of carbonyl (C=O) groups is 1. The van der Waals surface area contributed by atoms with Gasteiger partial charge in [-0.25, -0.2) is 4.79 Å². The van der Waals surface area contributed by atoms with Crippen molar-refractivity contribution < 1.29 is 19.7 Å². The predicted molar refractivity (Wildman–Crippen MR) is 83.4 cm³/mol. The molecule has 2 atom stereocenters. The van der Waals surface area contributed by atoms with Gasteiger partial charge < -0.3 is 14.9 Å². The Kier molecular flexibility index (Phi) is 4.78. The van der Waals surface area contributed by atoms with Gasteiger partial charge in [-0.2, -0.15) is 0 Å². The zero-order chi connectivity index (χ0) is 16.4. The van der Waals surface area contributed by atoms with Crippen molar-refractivity contribution in [1.29, 1.82) is 0 Å². The highest BCUT2D eigenvalue weighted by atomic mass is 16.6. The number of hydrogen-bond donors (Lipinski definition) is 2. The van der Waals surface area contributed by atoms with E-state index in [9.17, 15) is 15.0 Å². The lowest BCUT2D eigenvalue weighted by Crippen LogP contribution is -2.55. The van der Waals surface area contributed by atoms with Crippen molar-refractivity contribution in [3.63, 3.8) is 0 Å². The lowest BCUT2D eigenvalue weighted by atomic mass is 9.83. The van der Waals surface area contributed by atoms with Crippen LogP contribution in [0.3, 0.4) is 0 Å². The molecule has 1 aromatic rings. The van der Waals surface area contributed by atoms with E-state index in [0.717, 1.165) is 5.56 Å². The number of benzene rings is 1. The second kappa shape index (κ2) is 6.26. The standard InChI is InChI=1S/C17H25NO4/c1-16(2,3)22-15(20)18-12-17(21,10-9-14(18)11-19)13-7-5-4-6-8-13/h4-8,14,19,21H,9-12H2,1-3H3. The minimum absolute atomic E-state index is 0.122. The number of piperidine rings is 1. The second-order valence-electron chi connectivity index (χ2n) is 6.88. The third-order valence-corrected chi connectivity index (χ3v) is 3.91. The Morgan fingerprint density at radius 1 is 1.36 bits per heavy atom. The van der Waals surface area contributed by atoms with Crippen molar-refractivity contribution in [2.45, 2.75) is 50.9 Å². The SMILES string of the molecule is CC(C)(C)OC(=O)N1CC(O)(c2ccccc2)CCC1CO. The Morgan fingerprint density at radius 2 is 2.00 bits per heavy atom. The quantitative estimate of drug-likeness (QED) is 0.879. The van der Waals surface area contributed by atoms with Gasteiger partial charge in [0.05, 0.1) is 19.2 Å². The van der Waals surface area contributed by atoms with Gasteiger partial charge >= 0.3 is 6.09 Å². The van der Waals surface area contributed by atoms with Crippen molar-refractivity contribution in [2.24, 2.45) is 0 Å². The molecule has 2 N–H and O–H groups in total. The van der Waals surface area contributed by atoms with Crippen LogP contribution in [-0.2, 0) is 10.3 Å². The molecule has 1 heterocycles. The molecule has 5 heteroatoms. The summed E-state index contributed by atoms with van der Waals surface area (Å²) in [5.41, 5.74) is -0.941. The van der Waals surface area contributed by atoms with Gasteiger partial charge in [0.2, 0.25) is 0 Å². The van der Waals surface area contributed by atoms with Crippen molar-refractivity contribution in [1.82, 2.24) is 4.90 Å². The summed E-state index contributed by atoms with van der Waals surface area (Å²) in [7, 11) is 0. The van der Waals surface area contributed by atoms with Gasteiger partial charge in [-0.1, -0.05) is 30.3 Å². The first-order valence-corrected chi connectivity index (χ1v) is 7.63. The summed E-state index contributed by atoms with van der Waals surface area (Å²) >= 11 is 0. The number of aliphatic hydroxyl groups is 2. The molecule has 1 saturated heterocycles. The highest BCUT2D eigenvalue weighted by Gasteiger charge is 2.42. The number of likely N-dealkylation sites (tertiary alicyclic amines) is 1. The average molecular weight is 307 g/mol. The van der Waals surface area contributed by atoms with Crippen LogP contribution in [0.2, 0.25) is 0 Å². The minimum Gasteiger partial charge on any atom is -0.444 e. The van der Waals surface area contributed by atoms with Gasteiger partial charge in [0.25, 0.3) is 0 Å². The monoisotopic (exact) mass is 307 g/mol. The minimum atomic E-state index is -1.11. The highest BCUT2D eigenvalue weighted by molar-refractivity contribution is 5.69. The Labute approximate surface area is 131 Å². The van der Waals surface area contributed by atoms with Crippen LogP contribution < -0.4 is 0 Å². The number of carbonyl (C=O) groups excluding carboxylic acids is 1. The van der Waals surface area contributed by atoms with Gasteiger partial charge in [0.15, 0.2) is 0 Å². The molecule has 0 saturated carbocycles. The van der Waals surface area contributed by atoms with Crippen molar-refractivity contribution in [3.8, 4) is 0 Å². The maximum absolute atomic E-state index is 12.4. The van der Waals surface area contributed by atoms with E-state index in [4.69, 9.17) is 4.74 Å². The molecule has 122 valence electrons. The van der Waals surface area contributed by atoms with E-state index in [-0.39, 0.29) is 19.2 Å². The smallest absolute Gasteiger partial charge is 0.410 e.